The van der Waals surface area contributed by atoms with E-state index < -0.39 is 5.60 Å². The highest BCUT2D eigenvalue weighted by Crippen LogP contribution is 2.18. The van der Waals surface area contributed by atoms with Crippen molar-refractivity contribution in [3.8, 4) is 0 Å². The van der Waals surface area contributed by atoms with E-state index in [2.05, 4.69) is 34.3 Å². The lowest BCUT2D eigenvalue weighted by molar-refractivity contribution is -0.122. The molecule has 0 atom stereocenters. The lowest BCUT2D eigenvalue weighted by Crippen LogP contribution is -2.54. The van der Waals surface area contributed by atoms with E-state index in [-0.39, 0.29) is 12.0 Å². The van der Waals surface area contributed by atoms with E-state index in [1.54, 1.807) is 4.90 Å². The van der Waals surface area contributed by atoms with Crippen molar-refractivity contribution in [2.24, 2.45) is 4.99 Å². The fourth-order valence-electron chi connectivity index (χ4n) is 3.42. The first-order valence-corrected chi connectivity index (χ1v) is 11.7. The number of hydrogen-bond acceptors (Lipinski definition) is 5. The zero-order valence-electron chi connectivity index (χ0n) is 20.1. The van der Waals surface area contributed by atoms with Crippen LogP contribution in [0.2, 0.25) is 0 Å². The van der Waals surface area contributed by atoms with Gasteiger partial charge < -0.3 is 25.2 Å². The SMILES string of the molecule is CCCN(CCN=C(NCC)N1CCN(CC(=O)NC2CC2)CC1)C(=O)OC(C)(C)C. The molecule has 178 valence electrons. The molecule has 2 fully saturated rings. The summed E-state index contributed by atoms with van der Waals surface area (Å²) in [6, 6.07) is 0.411. The van der Waals surface area contributed by atoms with E-state index in [1.807, 2.05) is 20.8 Å². The van der Waals surface area contributed by atoms with E-state index in [0.29, 0.717) is 32.2 Å². The summed E-state index contributed by atoms with van der Waals surface area (Å²) >= 11 is 0. The van der Waals surface area contributed by atoms with Gasteiger partial charge >= 0.3 is 6.09 Å². The third kappa shape index (κ3) is 9.76. The van der Waals surface area contributed by atoms with E-state index in [1.165, 1.54) is 0 Å². The smallest absolute Gasteiger partial charge is 0.410 e. The van der Waals surface area contributed by atoms with Crippen LogP contribution in [0.5, 0.6) is 0 Å². The van der Waals surface area contributed by atoms with Crippen LogP contribution >= 0.6 is 0 Å². The molecule has 1 heterocycles. The van der Waals surface area contributed by atoms with Gasteiger partial charge in [0.25, 0.3) is 0 Å². The van der Waals surface area contributed by atoms with Crippen molar-refractivity contribution in [1.29, 1.82) is 0 Å². The van der Waals surface area contributed by atoms with E-state index in [4.69, 9.17) is 9.73 Å². The Morgan fingerprint density at radius 1 is 1.10 bits per heavy atom. The molecule has 1 aliphatic heterocycles. The first kappa shape index (κ1) is 25.2. The molecule has 0 unspecified atom stereocenters. The van der Waals surface area contributed by atoms with Crippen LogP contribution in [0.1, 0.15) is 53.9 Å². The predicted octanol–water partition coefficient (Wildman–Crippen LogP) is 1.50. The van der Waals surface area contributed by atoms with Gasteiger partial charge in [0, 0.05) is 51.9 Å². The van der Waals surface area contributed by atoms with Crippen molar-refractivity contribution >= 4 is 18.0 Å². The largest absolute Gasteiger partial charge is 0.444 e. The summed E-state index contributed by atoms with van der Waals surface area (Å²) in [4.78, 5) is 35.4. The van der Waals surface area contributed by atoms with Crippen LogP contribution in [0.15, 0.2) is 4.99 Å². The maximum absolute atomic E-state index is 12.4. The average molecular weight is 439 g/mol. The maximum atomic E-state index is 12.4. The quantitative estimate of drug-likeness (QED) is 0.419. The van der Waals surface area contributed by atoms with Gasteiger partial charge in [-0.2, -0.15) is 0 Å². The predicted molar refractivity (Wildman–Crippen MR) is 123 cm³/mol. The van der Waals surface area contributed by atoms with Crippen molar-refractivity contribution in [2.75, 3.05) is 58.9 Å². The van der Waals surface area contributed by atoms with E-state index in [0.717, 1.165) is 57.9 Å². The van der Waals surface area contributed by atoms with Crippen LogP contribution in [0, 0.1) is 0 Å². The highest BCUT2D eigenvalue weighted by atomic mass is 16.6. The molecule has 1 saturated carbocycles. The third-order valence-corrected chi connectivity index (χ3v) is 5.09. The van der Waals surface area contributed by atoms with Crippen LogP contribution < -0.4 is 10.6 Å². The zero-order chi connectivity index (χ0) is 22.9. The summed E-state index contributed by atoms with van der Waals surface area (Å²) in [7, 11) is 0. The van der Waals surface area contributed by atoms with E-state index in [9.17, 15) is 9.59 Å². The minimum Gasteiger partial charge on any atom is -0.444 e. The summed E-state index contributed by atoms with van der Waals surface area (Å²) in [6.07, 6.45) is 2.82. The van der Waals surface area contributed by atoms with E-state index >= 15 is 0 Å². The van der Waals surface area contributed by atoms with Gasteiger partial charge in [-0.25, -0.2) is 4.79 Å². The molecule has 0 spiro atoms. The number of ether oxygens (including phenoxy) is 1. The molecule has 2 N–H and O–H groups in total. The Labute approximate surface area is 187 Å². The minimum absolute atomic E-state index is 0.134. The van der Waals surface area contributed by atoms with Gasteiger partial charge in [-0.3, -0.25) is 14.7 Å². The van der Waals surface area contributed by atoms with Gasteiger partial charge in [-0.1, -0.05) is 6.92 Å². The van der Waals surface area contributed by atoms with Crippen LogP contribution in [0.25, 0.3) is 0 Å². The molecular formula is C22H42N6O3. The first-order valence-electron chi connectivity index (χ1n) is 11.7. The number of guanidine groups is 1. The van der Waals surface area contributed by atoms with Crippen molar-refractivity contribution < 1.29 is 14.3 Å². The molecule has 0 bridgehead atoms. The second kappa shape index (κ2) is 12.1. The lowest BCUT2D eigenvalue weighted by atomic mass is 10.2. The summed E-state index contributed by atoms with van der Waals surface area (Å²) in [5, 5.41) is 6.41. The molecule has 1 saturated heterocycles. The average Bonchev–Trinajstić information content (AvgIpc) is 3.49. The number of amides is 2. The molecule has 1 aliphatic carbocycles. The molecule has 2 rings (SSSR count). The Morgan fingerprint density at radius 2 is 1.77 bits per heavy atom. The lowest BCUT2D eigenvalue weighted by Gasteiger charge is -2.36. The molecule has 2 amide bonds. The number of aliphatic imine (C=N–C) groups is 1. The maximum Gasteiger partial charge on any atom is 0.410 e. The number of nitrogens with one attached hydrogen (secondary N) is 2. The summed E-state index contributed by atoms with van der Waals surface area (Å²) < 4.78 is 5.52. The summed E-state index contributed by atoms with van der Waals surface area (Å²) in [5.74, 6) is 1.000. The van der Waals surface area contributed by atoms with Crippen molar-refractivity contribution in [1.82, 2.24) is 25.3 Å². The minimum atomic E-state index is -0.503. The Bertz CT molecular complexity index is 607. The standard InChI is InChI=1S/C22H42N6O3/c1-6-11-28(21(30)31-22(3,4)5)12-10-24-20(23-7-2)27-15-13-26(14-16-27)17-19(29)25-18-8-9-18/h18H,6-17H2,1-5H3,(H,23,24)(H,25,29). The molecule has 0 aromatic rings. The van der Waals surface area contributed by atoms with Gasteiger partial charge in [-0.15, -0.1) is 0 Å². The first-order chi connectivity index (χ1) is 14.7. The number of piperazine rings is 1. The van der Waals surface area contributed by atoms with Crippen molar-refractivity contribution in [3.63, 3.8) is 0 Å². The molecule has 2 aliphatic rings. The Morgan fingerprint density at radius 3 is 2.32 bits per heavy atom. The summed E-state index contributed by atoms with van der Waals surface area (Å²) in [5.41, 5.74) is -0.503. The van der Waals surface area contributed by atoms with Crippen LogP contribution in [-0.4, -0.2) is 103 Å². The normalized spacial score (nSPS) is 18.0. The van der Waals surface area contributed by atoms with Crippen LogP contribution in [0.4, 0.5) is 4.79 Å². The highest BCUT2D eigenvalue weighted by molar-refractivity contribution is 5.80. The molecule has 9 heteroatoms. The molecule has 0 aromatic carbocycles. The van der Waals surface area contributed by atoms with Gasteiger partial charge in [-0.05, 0) is 47.0 Å². The second-order valence-electron chi connectivity index (χ2n) is 9.31. The molecule has 9 nitrogen and oxygen atoms in total. The van der Waals surface area contributed by atoms with Crippen LogP contribution in [-0.2, 0) is 9.53 Å². The number of carbonyl (C=O) groups excluding carboxylic acids is 2. The summed E-state index contributed by atoms with van der Waals surface area (Å²) in [6.45, 7) is 16.0. The monoisotopic (exact) mass is 438 g/mol. The zero-order valence-corrected chi connectivity index (χ0v) is 20.1. The molecular weight excluding hydrogens is 396 g/mol. The Balaban J connectivity index is 1.83. The fraction of sp³-hybridized carbons (Fsp3) is 0.864. The van der Waals surface area contributed by atoms with Crippen molar-refractivity contribution in [3.05, 3.63) is 0 Å². The Hall–Kier alpha value is -2.03. The topological polar surface area (TPSA) is 89.5 Å². The second-order valence-corrected chi connectivity index (χ2v) is 9.31. The van der Waals surface area contributed by atoms with Crippen molar-refractivity contribution in [2.45, 2.75) is 65.5 Å². The number of hydrogen-bond donors (Lipinski definition) is 2. The highest BCUT2D eigenvalue weighted by Gasteiger charge is 2.26. The molecule has 0 radical (unpaired) electrons. The number of rotatable bonds is 9. The van der Waals surface area contributed by atoms with Gasteiger partial charge in [0.2, 0.25) is 5.91 Å². The number of nitrogens with zero attached hydrogens (tertiary/aromatic N) is 4. The molecule has 31 heavy (non-hydrogen) atoms. The molecule has 0 aromatic heterocycles. The fourth-order valence-corrected chi connectivity index (χ4v) is 3.42. The Kier molecular flexibility index (Phi) is 9.87. The van der Waals surface area contributed by atoms with Gasteiger partial charge in [0.05, 0.1) is 13.1 Å². The van der Waals surface area contributed by atoms with Gasteiger partial charge in [0.1, 0.15) is 5.60 Å². The number of carbonyl (C=O) groups is 2. The third-order valence-electron chi connectivity index (χ3n) is 5.09. The van der Waals surface area contributed by atoms with Crippen LogP contribution in [0.3, 0.4) is 0 Å². The van der Waals surface area contributed by atoms with Gasteiger partial charge in [0.15, 0.2) is 5.96 Å².